The maximum Gasteiger partial charge on any atom is 0.107 e. The van der Waals surface area contributed by atoms with Crippen LogP contribution in [0.3, 0.4) is 0 Å². The first-order chi connectivity index (χ1) is 4.93. The second-order valence-electron chi connectivity index (χ2n) is 4.10. The minimum absolute atomic E-state index is 0.0370. The predicted molar refractivity (Wildman–Crippen MR) is 46.0 cm³/mol. The third-order valence-corrected chi connectivity index (χ3v) is 2.10. The van der Waals surface area contributed by atoms with Crippen molar-refractivity contribution < 1.29 is 4.39 Å². The summed E-state index contributed by atoms with van der Waals surface area (Å²) in [6.07, 6.45) is 2.49. The molecule has 0 aromatic rings. The van der Waals surface area contributed by atoms with Crippen molar-refractivity contribution in [2.24, 2.45) is 5.41 Å². The van der Waals surface area contributed by atoms with E-state index >= 15 is 0 Å². The van der Waals surface area contributed by atoms with Crippen molar-refractivity contribution in [2.75, 3.05) is 0 Å². The Kier molecular flexibility index (Phi) is 1.91. The second-order valence-corrected chi connectivity index (χ2v) is 4.10. The molecule has 0 radical (unpaired) electrons. The Morgan fingerprint density at radius 2 is 1.91 bits per heavy atom. The lowest BCUT2D eigenvalue weighted by Crippen LogP contribution is -2.08. The van der Waals surface area contributed by atoms with Gasteiger partial charge in [-0.1, -0.05) is 26.8 Å². The van der Waals surface area contributed by atoms with E-state index in [1.54, 1.807) is 0 Å². The van der Waals surface area contributed by atoms with Crippen molar-refractivity contribution in [3.63, 3.8) is 0 Å². The standard InChI is InChI=1S/C10H15F/c1-7-8(10(2,3)4)5-6-9(7)11/h5H,6H2,1-4H3. The van der Waals surface area contributed by atoms with Gasteiger partial charge in [-0.2, -0.15) is 0 Å². The summed E-state index contributed by atoms with van der Waals surface area (Å²) in [7, 11) is 0. The normalized spacial score (nSPS) is 19.2. The van der Waals surface area contributed by atoms with Crippen molar-refractivity contribution in [3.8, 4) is 0 Å². The smallest absolute Gasteiger partial charge is 0.107 e. The zero-order valence-corrected chi connectivity index (χ0v) is 7.66. The molecule has 0 N–H and O–H groups in total. The Hall–Kier alpha value is -0.590. The third kappa shape index (κ3) is 1.52. The third-order valence-electron chi connectivity index (χ3n) is 2.10. The fourth-order valence-electron chi connectivity index (χ4n) is 1.51. The number of hydrogen-bond donors (Lipinski definition) is 0. The molecule has 0 amide bonds. The molecule has 0 saturated heterocycles. The highest BCUT2D eigenvalue weighted by atomic mass is 19.1. The van der Waals surface area contributed by atoms with Gasteiger partial charge in [-0.3, -0.25) is 0 Å². The van der Waals surface area contributed by atoms with E-state index in [0.29, 0.717) is 6.42 Å². The van der Waals surface area contributed by atoms with E-state index in [2.05, 4.69) is 20.8 Å². The number of halogens is 1. The Balaban J connectivity index is 2.94. The first-order valence-electron chi connectivity index (χ1n) is 3.99. The first kappa shape index (κ1) is 8.51. The van der Waals surface area contributed by atoms with Crippen molar-refractivity contribution in [1.82, 2.24) is 0 Å². The van der Waals surface area contributed by atoms with Crippen LogP contribution in [0.5, 0.6) is 0 Å². The zero-order chi connectivity index (χ0) is 8.65. The maximum absolute atomic E-state index is 12.9. The van der Waals surface area contributed by atoms with Crippen LogP contribution >= 0.6 is 0 Å². The van der Waals surface area contributed by atoms with Gasteiger partial charge >= 0.3 is 0 Å². The molecule has 0 saturated carbocycles. The number of allylic oxidation sites excluding steroid dienone is 4. The molecule has 1 rings (SSSR count). The fraction of sp³-hybridized carbons (Fsp3) is 0.600. The molecule has 0 unspecified atom stereocenters. The van der Waals surface area contributed by atoms with E-state index in [0.717, 1.165) is 11.1 Å². The summed E-state index contributed by atoms with van der Waals surface area (Å²) in [5.74, 6) is 0.0370. The van der Waals surface area contributed by atoms with Gasteiger partial charge in [0, 0.05) is 6.42 Å². The van der Waals surface area contributed by atoms with Gasteiger partial charge in [0.1, 0.15) is 5.83 Å². The summed E-state index contributed by atoms with van der Waals surface area (Å²) < 4.78 is 12.9. The molecule has 0 nitrogen and oxygen atoms in total. The molecule has 1 aliphatic rings. The monoisotopic (exact) mass is 154 g/mol. The zero-order valence-electron chi connectivity index (χ0n) is 7.66. The van der Waals surface area contributed by atoms with Crippen LogP contribution in [0, 0.1) is 5.41 Å². The molecule has 0 atom stereocenters. The van der Waals surface area contributed by atoms with Crippen molar-refractivity contribution >= 4 is 0 Å². The second kappa shape index (κ2) is 2.47. The van der Waals surface area contributed by atoms with Gasteiger partial charge in [-0.15, -0.1) is 0 Å². The molecule has 0 spiro atoms. The van der Waals surface area contributed by atoms with Crippen LogP contribution in [-0.2, 0) is 0 Å². The van der Waals surface area contributed by atoms with E-state index in [9.17, 15) is 4.39 Å². The summed E-state index contributed by atoms with van der Waals surface area (Å²) in [6, 6.07) is 0. The molecular formula is C10H15F. The summed E-state index contributed by atoms with van der Waals surface area (Å²) in [5, 5.41) is 0. The van der Waals surface area contributed by atoms with Gasteiger partial charge in [0.15, 0.2) is 0 Å². The molecule has 0 heterocycles. The molecule has 62 valence electrons. The molecule has 0 aromatic heterocycles. The lowest BCUT2D eigenvalue weighted by molar-refractivity contribution is 0.509. The lowest BCUT2D eigenvalue weighted by atomic mass is 9.84. The van der Waals surface area contributed by atoms with Gasteiger partial charge in [-0.05, 0) is 23.5 Å². The predicted octanol–water partition coefficient (Wildman–Crippen LogP) is 3.61. The molecule has 0 aromatic carbocycles. The number of hydrogen-bond acceptors (Lipinski definition) is 0. The van der Waals surface area contributed by atoms with E-state index < -0.39 is 0 Å². The van der Waals surface area contributed by atoms with Crippen LogP contribution in [-0.4, -0.2) is 0 Å². The SMILES string of the molecule is CC1=C(F)CC=C1C(C)(C)C. The molecule has 0 aliphatic heterocycles. The van der Waals surface area contributed by atoms with E-state index in [1.165, 1.54) is 0 Å². The summed E-state index contributed by atoms with van der Waals surface area (Å²) in [5.41, 5.74) is 2.10. The van der Waals surface area contributed by atoms with Gasteiger partial charge in [-0.25, -0.2) is 4.39 Å². The highest BCUT2D eigenvalue weighted by Gasteiger charge is 2.23. The Morgan fingerprint density at radius 3 is 2.09 bits per heavy atom. The number of rotatable bonds is 0. The van der Waals surface area contributed by atoms with Crippen LogP contribution in [0.25, 0.3) is 0 Å². The van der Waals surface area contributed by atoms with Crippen molar-refractivity contribution in [3.05, 3.63) is 23.0 Å². The average molecular weight is 154 g/mol. The summed E-state index contributed by atoms with van der Waals surface area (Å²) >= 11 is 0. The molecule has 0 fully saturated rings. The molecule has 0 bridgehead atoms. The van der Waals surface area contributed by atoms with Crippen molar-refractivity contribution in [2.45, 2.75) is 34.1 Å². The highest BCUT2D eigenvalue weighted by molar-refractivity contribution is 5.41. The topological polar surface area (TPSA) is 0 Å². The highest BCUT2D eigenvalue weighted by Crippen LogP contribution is 2.38. The molecule has 11 heavy (non-hydrogen) atoms. The largest absolute Gasteiger partial charge is 0.211 e. The molecule has 1 heteroatoms. The van der Waals surface area contributed by atoms with E-state index in [-0.39, 0.29) is 11.2 Å². The van der Waals surface area contributed by atoms with E-state index in [1.807, 2.05) is 13.0 Å². The van der Waals surface area contributed by atoms with Crippen LogP contribution < -0.4 is 0 Å². The fourth-order valence-corrected chi connectivity index (χ4v) is 1.51. The quantitative estimate of drug-likeness (QED) is 0.500. The molecule has 1 aliphatic carbocycles. The Labute approximate surface area is 67.8 Å². The van der Waals surface area contributed by atoms with Crippen LogP contribution in [0.1, 0.15) is 34.1 Å². The van der Waals surface area contributed by atoms with Crippen molar-refractivity contribution in [1.29, 1.82) is 0 Å². The minimum atomic E-state index is 0.0370. The summed E-state index contributed by atoms with van der Waals surface area (Å²) in [4.78, 5) is 0. The van der Waals surface area contributed by atoms with E-state index in [4.69, 9.17) is 0 Å². The van der Waals surface area contributed by atoms with Gasteiger partial charge < -0.3 is 0 Å². The maximum atomic E-state index is 12.9. The Morgan fingerprint density at radius 1 is 1.36 bits per heavy atom. The Bertz CT molecular complexity index is 226. The molecular weight excluding hydrogens is 139 g/mol. The minimum Gasteiger partial charge on any atom is -0.211 e. The van der Waals surface area contributed by atoms with Crippen LogP contribution in [0.15, 0.2) is 23.0 Å². The van der Waals surface area contributed by atoms with Crippen LogP contribution in [0.4, 0.5) is 4.39 Å². The van der Waals surface area contributed by atoms with Crippen LogP contribution in [0.2, 0.25) is 0 Å². The van der Waals surface area contributed by atoms with Gasteiger partial charge in [0.25, 0.3) is 0 Å². The van der Waals surface area contributed by atoms with Gasteiger partial charge in [0.05, 0.1) is 0 Å². The van der Waals surface area contributed by atoms with Gasteiger partial charge in [0.2, 0.25) is 0 Å². The first-order valence-corrected chi connectivity index (χ1v) is 3.99. The average Bonchev–Trinajstić information content (AvgIpc) is 2.11. The lowest BCUT2D eigenvalue weighted by Gasteiger charge is -2.21. The summed E-state index contributed by atoms with van der Waals surface area (Å²) in [6.45, 7) is 8.20.